The third-order valence-electron chi connectivity index (χ3n) is 4.98. The molecule has 31 heavy (non-hydrogen) atoms. The Morgan fingerprint density at radius 3 is 2.19 bits per heavy atom. The molecule has 162 valence electrons. The Hall–Kier alpha value is -3.45. The standard InChI is InChI=1S/C24H27N3O4/c1-2-19(15-28)26-23(30)18-8-10-20(11-9-18)25-22(29)14-5-16-3-6-17(7-4-16)24(31)27-21-12-13-21/h3-11,14,19,21,28H,2,12-13,15H2,1H3,(H,25,29)(H,26,30)(H,27,31). The Labute approximate surface area is 181 Å². The van der Waals surface area contributed by atoms with Crippen LogP contribution >= 0.6 is 0 Å². The van der Waals surface area contributed by atoms with Gasteiger partial charge in [-0.3, -0.25) is 14.4 Å². The second-order valence-electron chi connectivity index (χ2n) is 7.53. The first-order chi connectivity index (χ1) is 15.0. The number of aliphatic hydroxyl groups excluding tert-OH is 1. The van der Waals surface area contributed by atoms with Crippen molar-refractivity contribution < 1.29 is 19.5 Å². The fourth-order valence-electron chi connectivity index (χ4n) is 2.85. The van der Waals surface area contributed by atoms with E-state index in [-0.39, 0.29) is 30.4 Å². The molecule has 3 rings (SSSR count). The van der Waals surface area contributed by atoms with Gasteiger partial charge in [-0.2, -0.15) is 0 Å². The Kier molecular flexibility index (Phi) is 7.56. The van der Waals surface area contributed by atoms with E-state index in [1.165, 1.54) is 6.08 Å². The molecule has 0 saturated heterocycles. The lowest BCUT2D eigenvalue weighted by atomic mass is 10.1. The summed E-state index contributed by atoms with van der Waals surface area (Å²) < 4.78 is 0. The maximum Gasteiger partial charge on any atom is 0.251 e. The van der Waals surface area contributed by atoms with Crippen molar-refractivity contribution in [3.05, 3.63) is 71.3 Å². The van der Waals surface area contributed by atoms with Crippen molar-refractivity contribution in [1.29, 1.82) is 0 Å². The van der Waals surface area contributed by atoms with Crippen molar-refractivity contribution in [1.82, 2.24) is 10.6 Å². The van der Waals surface area contributed by atoms with Crippen LogP contribution in [-0.2, 0) is 4.79 Å². The van der Waals surface area contributed by atoms with Crippen LogP contribution in [0.2, 0.25) is 0 Å². The Bertz CT molecular complexity index is 944. The van der Waals surface area contributed by atoms with Gasteiger partial charge in [-0.25, -0.2) is 0 Å². The summed E-state index contributed by atoms with van der Waals surface area (Å²) in [6.07, 6.45) is 5.80. The molecule has 0 radical (unpaired) electrons. The number of nitrogens with one attached hydrogen (secondary N) is 3. The van der Waals surface area contributed by atoms with E-state index in [2.05, 4.69) is 16.0 Å². The predicted molar refractivity (Wildman–Crippen MR) is 120 cm³/mol. The van der Waals surface area contributed by atoms with Gasteiger partial charge in [0.05, 0.1) is 12.6 Å². The molecule has 1 fully saturated rings. The zero-order chi connectivity index (χ0) is 22.2. The Balaban J connectivity index is 1.51. The van der Waals surface area contributed by atoms with Gasteiger partial charge < -0.3 is 21.1 Å². The summed E-state index contributed by atoms with van der Waals surface area (Å²) in [5.74, 6) is -0.651. The van der Waals surface area contributed by atoms with Crippen molar-refractivity contribution in [2.45, 2.75) is 38.3 Å². The average Bonchev–Trinajstić information content (AvgIpc) is 3.60. The summed E-state index contributed by atoms with van der Waals surface area (Å²) in [4.78, 5) is 36.3. The summed E-state index contributed by atoms with van der Waals surface area (Å²) in [6.45, 7) is 1.77. The first-order valence-corrected chi connectivity index (χ1v) is 10.4. The summed E-state index contributed by atoms with van der Waals surface area (Å²) in [5.41, 5.74) is 2.42. The summed E-state index contributed by atoms with van der Waals surface area (Å²) in [7, 11) is 0. The number of carbonyl (C=O) groups is 3. The number of aliphatic hydroxyl groups is 1. The molecule has 0 bridgehead atoms. The van der Waals surface area contributed by atoms with Crippen LogP contribution in [0.4, 0.5) is 5.69 Å². The zero-order valence-corrected chi connectivity index (χ0v) is 17.4. The van der Waals surface area contributed by atoms with Crippen LogP contribution in [0.15, 0.2) is 54.6 Å². The fourth-order valence-corrected chi connectivity index (χ4v) is 2.85. The molecule has 3 amide bonds. The van der Waals surface area contributed by atoms with Gasteiger partial charge in [0.15, 0.2) is 0 Å². The van der Waals surface area contributed by atoms with E-state index in [9.17, 15) is 19.5 Å². The van der Waals surface area contributed by atoms with Gasteiger partial charge in [-0.05, 0) is 67.3 Å². The number of amides is 3. The SMILES string of the molecule is CCC(CO)NC(=O)c1ccc(NC(=O)C=Cc2ccc(C(=O)NC3CC3)cc2)cc1. The molecule has 0 aromatic heterocycles. The number of benzene rings is 2. The van der Waals surface area contributed by atoms with E-state index >= 15 is 0 Å². The molecule has 2 aromatic rings. The van der Waals surface area contributed by atoms with Crippen molar-refractivity contribution in [2.24, 2.45) is 0 Å². The van der Waals surface area contributed by atoms with Crippen LogP contribution in [0.3, 0.4) is 0 Å². The van der Waals surface area contributed by atoms with Gasteiger partial charge in [0.2, 0.25) is 5.91 Å². The number of hydrogen-bond acceptors (Lipinski definition) is 4. The Morgan fingerprint density at radius 2 is 1.61 bits per heavy atom. The topological polar surface area (TPSA) is 108 Å². The van der Waals surface area contributed by atoms with E-state index in [4.69, 9.17) is 0 Å². The molecule has 1 unspecified atom stereocenters. The van der Waals surface area contributed by atoms with Gasteiger partial charge in [0.25, 0.3) is 11.8 Å². The van der Waals surface area contributed by atoms with E-state index < -0.39 is 0 Å². The van der Waals surface area contributed by atoms with Crippen LogP contribution in [0, 0.1) is 0 Å². The van der Waals surface area contributed by atoms with Gasteiger partial charge in [0.1, 0.15) is 0 Å². The van der Waals surface area contributed by atoms with Crippen LogP contribution in [0.1, 0.15) is 52.5 Å². The highest BCUT2D eigenvalue weighted by Gasteiger charge is 2.23. The van der Waals surface area contributed by atoms with Gasteiger partial charge >= 0.3 is 0 Å². The quantitative estimate of drug-likeness (QED) is 0.467. The summed E-state index contributed by atoms with van der Waals surface area (Å²) >= 11 is 0. The maximum absolute atomic E-state index is 12.2. The lowest BCUT2D eigenvalue weighted by Crippen LogP contribution is -2.36. The fraction of sp³-hybridized carbons (Fsp3) is 0.292. The number of rotatable bonds is 9. The van der Waals surface area contributed by atoms with Gasteiger partial charge in [-0.15, -0.1) is 0 Å². The third-order valence-corrected chi connectivity index (χ3v) is 4.98. The minimum absolute atomic E-state index is 0.0746. The molecule has 1 aliphatic rings. The molecule has 2 aromatic carbocycles. The van der Waals surface area contributed by atoms with Crippen LogP contribution in [0.5, 0.6) is 0 Å². The van der Waals surface area contributed by atoms with Gasteiger partial charge in [0, 0.05) is 28.9 Å². The largest absolute Gasteiger partial charge is 0.394 e. The lowest BCUT2D eigenvalue weighted by molar-refractivity contribution is -0.111. The molecule has 0 aliphatic heterocycles. The van der Waals surface area contributed by atoms with Crippen molar-refractivity contribution in [3.63, 3.8) is 0 Å². The molecule has 7 heteroatoms. The second kappa shape index (κ2) is 10.5. The first-order valence-electron chi connectivity index (χ1n) is 10.4. The van der Waals surface area contributed by atoms with Crippen molar-refractivity contribution >= 4 is 29.5 Å². The van der Waals surface area contributed by atoms with E-state index in [1.54, 1.807) is 54.6 Å². The second-order valence-corrected chi connectivity index (χ2v) is 7.53. The molecule has 4 N–H and O–H groups in total. The summed E-state index contributed by atoms with van der Waals surface area (Å²) in [5, 5.41) is 17.6. The maximum atomic E-state index is 12.2. The number of anilines is 1. The van der Waals surface area contributed by atoms with Crippen molar-refractivity contribution in [2.75, 3.05) is 11.9 Å². The van der Waals surface area contributed by atoms with E-state index in [0.717, 1.165) is 18.4 Å². The predicted octanol–water partition coefficient (Wildman–Crippen LogP) is 2.73. The summed E-state index contributed by atoms with van der Waals surface area (Å²) in [6, 6.07) is 13.6. The molecule has 1 saturated carbocycles. The average molecular weight is 421 g/mol. The van der Waals surface area contributed by atoms with Crippen LogP contribution in [0.25, 0.3) is 6.08 Å². The number of carbonyl (C=O) groups excluding carboxylic acids is 3. The number of hydrogen-bond donors (Lipinski definition) is 4. The molecule has 1 aliphatic carbocycles. The van der Waals surface area contributed by atoms with Crippen LogP contribution in [-0.4, -0.2) is 41.5 Å². The lowest BCUT2D eigenvalue weighted by Gasteiger charge is -2.14. The Morgan fingerprint density at radius 1 is 1.00 bits per heavy atom. The highest BCUT2D eigenvalue weighted by atomic mass is 16.3. The molecule has 1 atom stereocenters. The molecular weight excluding hydrogens is 394 g/mol. The third kappa shape index (κ3) is 6.79. The zero-order valence-electron chi connectivity index (χ0n) is 17.4. The molecule has 0 spiro atoms. The molecule has 0 heterocycles. The minimum atomic E-state index is -0.306. The van der Waals surface area contributed by atoms with Gasteiger partial charge in [-0.1, -0.05) is 19.1 Å². The molecular formula is C24H27N3O4. The van der Waals surface area contributed by atoms with E-state index in [1.807, 2.05) is 6.92 Å². The van der Waals surface area contributed by atoms with E-state index in [0.29, 0.717) is 29.3 Å². The monoisotopic (exact) mass is 421 g/mol. The highest BCUT2D eigenvalue weighted by molar-refractivity contribution is 6.02. The van der Waals surface area contributed by atoms with Crippen LogP contribution < -0.4 is 16.0 Å². The smallest absolute Gasteiger partial charge is 0.251 e. The minimum Gasteiger partial charge on any atom is -0.394 e. The first kappa shape index (κ1) is 22.2. The highest BCUT2D eigenvalue weighted by Crippen LogP contribution is 2.19. The van der Waals surface area contributed by atoms with Crippen molar-refractivity contribution in [3.8, 4) is 0 Å². The molecule has 7 nitrogen and oxygen atoms in total. The normalized spacial score (nSPS) is 14.1.